The molecule has 2 atom stereocenters. The van der Waals surface area contributed by atoms with Crippen molar-refractivity contribution in [3.8, 4) is 5.88 Å². The maximum Gasteiger partial charge on any atom is 0.216 e. The van der Waals surface area contributed by atoms with Crippen LogP contribution in [-0.2, 0) is 0 Å². The van der Waals surface area contributed by atoms with E-state index >= 15 is 0 Å². The molecule has 84 valence electrons. The van der Waals surface area contributed by atoms with Gasteiger partial charge in [-0.25, -0.2) is 4.98 Å². The van der Waals surface area contributed by atoms with Gasteiger partial charge < -0.3 is 4.74 Å². The van der Waals surface area contributed by atoms with Gasteiger partial charge in [-0.05, 0) is 13.3 Å². The first-order valence-electron chi connectivity index (χ1n) is 5.12. The van der Waals surface area contributed by atoms with E-state index in [-0.39, 0.29) is 11.3 Å². The van der Waals surface area contributed by atoms with Crippen LogP contribution in [0.1, 0.15) is 37.7 Å². The molecule has 1 heterocycles. The molecule has 0 amide bonds. The van der Waals surface area contributed by atoms with Gasteiger partial charge in [0.25, 0.3) is 0 Å². The smallest absolute Gasteiger partial charge is 0.216 e. The molecule has 0 aliphatic carbocycles. The van der Waals surface area contributed by atoms with E-state index in [0.29, 0.717) is 5.88 Å². The maximum absolute atomic E-state index is 6.20. The number of nitrogens with zero attached hydrogens (tertiary/aromatic N) is 2. The number of hydrogen-bond donors (Lipinski definition) is 0. The first kappa shape index (κ1) is 12.2. The minimum atomic E-state index is 0.101. The lowest BCUT2D eigenvalue weighted by Gasteiger charge is -2.16. The number of aryl methyl sites for hydroxylation is 1. The second-order valence-corrected chi connectivity index (χ2v) is 4.16. The van der Waals surface area contributed by atoms with Gasteiger partial charge in [0, 0.05) is 17.4 Å². The average molecular weight is 229 g/mol. The molecule has 0 N–H and O–H groups in total. The maximum atomic E-state index is 6.20. The normalized spacial score (nSPS) is 14.7. The van der Waals surface area contributed by atoms with Gasteiger partial charge in [-0.3, -0.25) is 0 Å². The molecule has 0 aliphatic rings. The summed E-state index contributed by atoms with van der Waals surface area (Å²) in [4.78, 5) is 8.52. The standard InChI is InChI=1S/C11H17ClN2O/c1-5-9(12)7(2)10-6-11(15-4)14-8(3)13-10/h6-7,9H,5H2,1-4H3. The molecule has 2 unspecified atom stereocenters. The van der Waals surface area contributed by atoms with E-state index < -0.39 is 0 Å². The van der Waals surface area contributed by atoms with Crippen LogP contribution < -0.4 is 4.74 Å². The van der Waals surface area contributed by atoms with Gasteiger partial charge in [-0.15, -0.1) is 11.6 Å². The zero-order chi connectivity index (χ0) is 11.4. The van der Waals surface area contributed by atoms with Gasteiger partial charge in [0.2, 0.25) is 5.88 Å². The molecule has 15 heavy (non-hydrogen) atoms. The Hall–Kier alpha value is -0.830. The van der Waals surface area contributed by atoms with Crippen LogP contribution in [0, 0.1) is 6.92 Å². The number of methoxy groups -OCH3 is 1. The van der Waals surface area contributed by atoms with Gasteiger partial charge in [0.1, 0.15) is 5.82 Å². The predicted molar refractivity (Wildman–Crippen MR) is 61.7 cm³/mol. The van der Waals surface area contributed by atoms with Crippen LogP contribution in [0.3, 0.4) is 0 Å². The van der Waals surface area contributed by atoms with E-state index in [4.69, 9.17) is 16.3 Å². The van der Waals surface area contributed by atoms with Crippen LogP contribution in [0.5, 0.6) is 5.88 Å². The summed E-state index contributed by atoms with van der Waals surface area (Å²) in [7, 11) is 1.61. The van der Waals surface area contributed by atoms with Gasteiger partial charge in [-0.1, -0.05) is 13.8 Å². The van der Waals surface area contributed by atoms with Crippen molar-refractivity contribution in [1.82, 2.24) is 9.97 Å². The fraction of sp³-hybridized carbons (Fsp3) is 0.636. The summed E-state index contributed by atoms with van der Waals surface area (Å²) >= 11 is 6.20. The molecule has 0 fully saturated rings. The summed E-state index contributed by atoms with van der Waals surface area (Å²) < 4.78 is 5.11. The van der Waals surface area contributed by atoms with Gasteiger partial charge in [0.15, 0.2) is 0 Å². The highest BCUT2D eigenvalue weighted by Gasteiger charge is 2.17. The molecule has 4 heteroatoms. The van der Waals surface area contributed by atoms with Crippen LogP contribution in [0.4, 0.5) is 0 Å². The van der Waals surface area contributed by atoms with Crippen LogP contribution >= 0.6 is 11.6 Å². The lowest BCUT2D eigenvalue weighted by atomic mass is 10.0. The van der Waals surface area contributed by atoms with Crippen LogP contribution in [0.15, 0.2) is 6.07 Å². The lowest BCUT2D eigenvalue weighted by molar-refractivity contribution is 0.393. The Morgan fingerprint density at radius 3 is 2.67 bits per heavy atom. The van der Waals surface area contributed by atoms with E-state index in [9.17, 15) is 0 Å². The Balaban J connectivity index is 2.97. The Morgan fingerprint density at radius 2 is 2.13 bits per heavy atom. The number of halogens is 1. The SMILES string of the molecule is CCC(Cl)C(C)c1cc(OC)nc(C)n1. The van der Waals surface area contributed by atoms with Gasteiger partial charge in [-0.2, -0.15) is 4.98 Å². The third-order valence-corrected chi connectivity index (χ3v) is 3.13. The van der Waals surface area contributed by atoms with Crippen molar-refractivity contribution in [3.63, 3.8) is 0 Å². The molecular weight excluding hydrogens is 212 g/mol. The zero-order valence-corrected chi connectivity index (χ0v) is 10.4. The van der Waals surface area contributed by atoms with Crippen molar-refractivity contribution >= 4 is 11.6 Å². The third-order valence-electron chi connectivity index (χ3n) is 2.44. The largest absolute Gasteiger partial charge is 0.481 e. The summed E-state index contributed by atoms with van der Waals surface area (Å²) in [5.74, 6) is 1.53. The molecule has 0 aromatic carbocycles. The summed E-state index contributed by atoms with van der Waals surface area (Å²) in [6.45, 7) is 6.00. The molecule has 0 saturated carbocycles. The zero-order valence-electron chi connectivity index (χ0n) is 9.62. The minimum absolute atomic E-state index is 0.101. The van der Waals surface area contributed by atoms with Gasteiger partial charge in [0.05, 0.1) is 12.8 Å². The molecule has 1 aromatic heterocycles. The first-order valence-corrected chi connectivity index (χ1v) is 5.55. The Labute approximate surface area is 95.8 Å². The van der Waals surface area contributed by atoms with Crippen molar-refractivity contribution in [2.45, 2.75) is 38.5 Å². The van der Waals surface area contributed by atoms with E-state index in [0.717, 1.165) is 17.9 Å². The Bertz CT molecular complexity index is 330. The number of aromatic nitrogens is 2. The number of ether oxygens (including phenoxy) is 1. The van der Waals surface area contributed by atoms with Crippen molar-refractivity contribution < 1.29 is 4.74 Å². The molecule has 0 spiro atoms. The topological polar surface area (TPSA) is 35.0 Å². The van der Waals surface area contributed by atoms with Crippen LogP contribution in [0.2, 0.25) is 0 Å². The third kappa shape index (κ3) is 3.06. The number of hydrogen-bond acceptors (Lipinski definition) is 3. The van der Waals surface area contributed by atoms with E-state index in [1.54, 1.807) is 7.11 Å². The summed E-state index contributed by atoms with van der Waals surface area (Å²) in [5.41, 5.74) is 0.946. The van der Waals surface area contributed by atoms with Crippen LogP contribution in [-0.4, -0.2) is 22.5 Å². The molecule has 1 rings (SSSR count). The van der Waals surface area contributed by atoms with Crippen LogP contribution in [0.25, 0.3) is 0 Å². The predicted octanol–water partition coefficient (Wildman–Crippen LogP) is 2.91. The van der Waals surface area contributed by atoms with E-state index in [1.165, 1.54) is 0 Å². The highest BCUT2D eigenvalue weighted by molar-refractivity contribution is 6.21. The highest BCUT2D eigenvalue weighted by Crippen LogP contribution is 2.25. The lowest BCUT2D eigenvalue weighted by Crippen LogP contribution is -2.11. The summed E-state index contributed by atoms with van der Waals surface area (Å²) in [6.07, 6.45) is 0.925. The molecule has 3 nitrogen and oxygen atoms in total. The average Bonchev–Trinajstić information content (AvgIpc) is 2.26. The molecule has 0 saturated heterocycles. The second-order valence-electron chi connectivity index (χ2n) is 3.60. The van der Waals surface area contributed by atoms with Gasteiger partial charge >= 0.3 is 0 Å². The summed E-state index contributed by atoms with van der Waals surface area (Å²) in [6, 6.07) is 1.85. The molecule has 0 bridgehead atoms. The number of alkyl halides is 1. The van der Waals surface area contributed by atoms with Crippen molar-refractivity contribution in [2.24, 2.45) is 0 Å². The van der Waals surface area contributed by atoms with Crippen molar-refractivity contribution in [3.05, 3.63) is 17.6 Å². The molecule has 1 aromatic rings. The number of rotatable bonds is 4. The first-order chi connectivity index (χ1) is 7.08. The van der Waals surface area contributed by atoms with Crippen molar-refractivity contribution in [1.29, 1.82) is 0 Å². The fourth-order valence-corrected chi connectivity index (χ4v) is 1.57. The minimum Gasteiger partial charge on any atom is -0.481 e. The van der Waals surface area contributed by atoms with Crippen molar-refractivity contribution in [2.75, 3.05) is 7.11 Å². The molecule has 0 aliphatic heterocycles. The fourth-order valence-electron chi connectivity index (χ4n) is 1.44. The van der Waals surface area contributed by atoms with E-state index in [2.05, 4.69) is 23.8 Å². The molecule has 0 radical (unpaired) electrons. The quantitative estimate of drug-likeness (QED) is 0.744. The van der Waals surface area contributed by atoms with E-state index in [1.807, 2.05) is 13.0 Å². The Morgan fingerprint density at radius 1 is 1.47 bits per heavy atom. The second kappa shape index (κ2) is 5.31. The molecular formula is C11H17ClN2O. The summed E-state index contributed by atoms with van der Waals surface area (Å²) in [5, 5.41) is 0.101. The highest BCUT2D eigenvalue weighted by atomic mass is 35.5. The monoisotopic (exact) mass is 228 g/mol. The Kier molecular flexibility index (Phi) is 4.33.